The number of rotatable bonds is 5. The lowest BCUT2D eigenvalue weighted by Gasteiger charge is -2.13. The fraction of sp³-hybridized carbons (Fsp3) is 0.133. The summed E-state index contributed by atoms with van der Waals surface area (Å²) in [5, 5.41) is 0. The number of halogens is 1. The van der Waals surface area contributed by atoms with Crippen molar-refractivity contribution in [3.63, 3.8) is 0 Å². The molecule has 0 heterocycles. The Morgan fingerprint density at radius 2 is 1.90 bits per heavy atom. The highest BCUT2D eigenvalue weighted by atomic mass is 19.3. The molecule has 2 rings (SSSR count). The second-order valence-corrected chi connectivity index (χ2v) is 4.23. The third kappa shape index (κ3) is 3.42. The van der Waals surface area contributed by atoms with E-state index in [2.05, 4.69) is 4.94 Å². The number of benzene rings is 2. The van der Waals surface area contributed by atoms with Gasteiger partial charge < -0.3 is 15.2 Å². The zero-order valence-corrected chi connectivity index (χ0v) is 11.3. The van der Waals surface area contributed by atoms with Crippen LogP contribution >= 0.6 is 0 Å². The van der Waals surface area contributed by atoms with Gasteiger partial charge in [0.15, 0.2) is 11.5 Å². The molecule has 0 aliphatic carbocycles. The summed E-state index contributed by atoms with van der Waals surface area (Å²) >= 11 is 0. The first kappa shape index (κ1) is 14.6. The Bertz CT molecular complexity index is 631. The van der Waals surface area contributed by atoms with Crippen molar-refractivity contribution in [3.05, 3.63) is 53.6 Å². The van der Waals surface area contributed by atoms with Gasteiger partial charge in [0, 0.05) is 16.7 Å². The average molecular weight is 291 g/mol. The zero-order chi connectivity index (χ0) is 15.2. The van der Waals surface area contributed by atoms with Crippen molar-refractivity contribution in [3.8, 4) is 11.5 Å². The number of ether oxygens (including phenoxy) is 2. The van der Waals surface area contributed by atoms with Crippen molar-refractivity contribution >= 4 is 11.7 Å². The number of carbonyl (C=O) groups excluding carboxylic acids is 1. The lowest BCUT2D eigenvalue weighted by molar-refractivity contribution is -0.0787. The Hall–Kier alpha value is -2.76. The smallest absolute Gasteiger partial charge is 0.381 e. The molecule has 110 valence electrons. The topological polar surface area (TPSA) is 70.8 Å². The Kier molecular flexibility index (Phi) is 4.61. The zero-order valence-electron chi connectivity index (χ0n) is 11.3. The summed E-state index contributed by atoms with van der Waals surface area (Å²) in [6.45, 7) is 0.309. The maximum atomic E-state index is 12.0. The molecule has 0 saturated heterocycles. The quantitative estimate of drug-likeness (QED) is 0.858. The lowest BCUT2D eigenvalue weighted by atomic mass is 10.1. The van der Waals surface area contributed by atoms with E-state index >= 15 is 0 Å². The molecule has 6 heteroatoms. The standard InChI is InChI=1S/C15H14FNO4/c1-19-13-7-11(15(18)21-16)12(17)8-14(13)20-9-10-5-3-2-4-6-10/h2-8H,9,17H2,1H3. The van der Waals surface area contributed by atoms with Gasteiger partial charge in [-0.1, -0.05) is 30.3 Å². The van der Waals surface area contributed by atoms with Crippen LogP contribution in [0.25, 0.3) is 0 Å². The van der Waals surface area contributed by atoms with E-state index in [1.807, 2.05) is 30.3 Å². The van der Waals surface area contributed by atoms with E-state index in [4.69, 9.17) is 15.2 Å². The first-order valence-corrected chi connectivity index (χ1v) is 6.13. The second-order valence-electron chi connectivity index (χ2n) is 4.23. The predicted octanol–water partition coefficient (Wildman–Crippen LogP) is 2.90. The SMILES string of the molecule is COc1cc(C(=O)OF)c(N)cc1OCc1ccccc1. The van der Waals surface area contributed by atoms with E-state index in [1.165, 1.54) is 19.2 Å². The summed E-state index contributed by atoms with van der Waals surface area (Å²) in [6, 6.07) is 12.2. The first-order chi connectivity index (χ1) is 10.2. The third-order valence-electron chi connectivity index (χ3n) is 2.86. The highest BCUT2D eigenvalue weighted by Gasteiger charge is 2.17. The molecule has 0 aliphatic heterocycles. The first-order valence-electron chi connectivity index (χ1n) is 6.13. The largest absolute Gasteiger partial charge is 0.493 e. The predicted molar refractivity (Wildman–Crippen MR) is 74.7 cm³/mol. The van der Waals surface area contributed by atoms with E-state index in [-0.39, 0.29) is 17.0 Å². The minimum Gasteiger partial charge on any atom is -0.493 e. The minimum absolute atomic E-state index is 0.0431. The van der Waals surface area contributed by atoms with Crippen molar-refractivity contribution in [1.82, 2.24) is 0 Å². The lowest BCUT2D eigenvalue weighted by Crippen LogP contribution is -2.06. The molecule has 5 nitrogen and oxygen atoms in total. The van der Waals surface area contributed by atoms with Gasteiger partial charge in [0.25, 0.3) is 0 Å². The maximum Gasteiger partial charge on any atom is 0.381 e. The number of nitrogens with two attached hydrogens (primary N) is 1. The molecule has 0 aliphatic rings. The van der Waals surface area contributed by atoms with Gasteiger partial charge in [-0.05, 0) is 5.56 Å². The number of hydrogen-bond donors (Lipinski definition) is 1. The van der Waals surface area contributed by atoms with Crippen LogP contribution in [0, 0.1) is 0 Å². The molecule has 0 fully saturated rings. The van der Waals surface area contributed by atoms with Gasteiger partial charge in [-0.25, -0.2) is 9.74 Å². The van der Waals surface area contributed by atoms with E-state index in [1.54, 1.807) is 0 Å². The summed E-state index contributed by atoms with van der Waals surface area (Å²) in [5.41, 5.74) is 6.57. The Balaban J connectivity index is 2.23. The number of nitrogen functional groups attached to an aromatic ring is 1. The summed E-state index contributed by atoms with van der Waals surface area (Å²) < 4.78 is 22.7. The Labute approximate surface area is 120 Å². The Morgan fingerprint density at radius 3 is 2.52 bits per heavy atom. The summed E-state index contributed by atoms with van der Waals surface area (Å²) in [7, 11) is 1.41. The Morgan fingerprint density at radius 1 is 1.19 bits per heavy atom. The third-order valence-corrected chi connectivity index (χ3v) is 2.86. The number of anilines is 1. The van der Waals surface area contributed by atoms with Gasteiger partial charge in [0.2, 0.25) is 0 Å². The summed E-state index contributed by atoms with van der Waals surface area (Å²) in [4.78, 5) is 14.4. The molecular weight excluding hydrogens is 277 g/mol. The molecule has 0 amide bonds. The average Bonchev–Trinajstić information content (AvgIpc) is 2.53. The number of hydrogen-bond acceptors (Lipinski definition) is 5. The van der Waals surface area contributed by atoms with Crippen molar-refractivity contribution in [1.29, 1.82) is 0 Å². The molecule has 2 aromatic carbocycles. The molecule has 0 spiro atoms. The maximum absolute atomic E-state index is 12.0. The van der Waals surface area contributed by atoms with Crippen molar-refractivity contribution in [2.75, 3.05) is 12.8 Å². The van der Waals surface area contributed by atoms with Crippen LogP contribution in [0.1, 0.15) is 15.9 Å². The molecule has 0 radical (unpaired) electrons. The number of carbonyl (C=O) groups is 1. The van der Waals surface area contributed by atoms with Crippen LogP contribution in [0.3, 0.4) is 0 Å². The van der Waals surface area contributed by atoms with Gasteiger partial charge in [-0.15, -0.1) is 0 Å². The van der Waals surface area contributed by atoms with E-state index in [9.17, 15) is 9.32 Å². The van der Waals surface area contributed by atoms with E-state index < -0.39 is 5.97 Å². The minimum atomic E-state index is -1.18. The fourth-order valence-corrected chi connectivity index (χ4v) is 1.80. The van der Waals surface area contributed by atoms with Crippen LogP contribution < -0.4 is 15.2 Å². The van der Waals surface area contributed by atoms with E-state index in [0.29, 0.717) is 12.4 Å². The van der Waals surface area contributed by atoms with Crippen LogP contribution in [0.2, 0.25) is 0 Å². The van der Waals surface area contributed by atoms with Gasteiger partial charge >= 0.3 is 5.97 Å². The molecule has 2 aromatic rings. The molecule has 21 heavy (non-hydrogen) atoms. The second kappa shape index (κ2) is 6.60. The monoisotopic (exact) mass is 291 g/mol. The molecule has 0 saturated carbocycles. The van der Waals surface area contributed by atoms with Crippen molar-refractivity contribution in [2.45, 2.75) is 6.61 Å². The van der Waals surface area contributed by atoms with Gasteiger partial charge in [-0.2, -0.15) is 0 Å². The fourth-order valence-electron chi connectivity index (χ4n) is 1.80. The molecular formula is C15H14FNO4. The van der Waals surface area contributed by atoms with Gasteiger partial charge in [0.05, 0.1) is 18.4 Å². The van der Waals surface area contributed by atoms with Crippen LogP contribution in [-0.2, 0) is 11.5 Å². The molecule has 0 unspecified atom stereocenters. The highest BCUT2D eigenvalue weighted by molar-refractivity contribution is 5.95. The summed E-state index contributed by atoms with van der Waals surface area (Å²) in [6.07, 6.45) is 0. The number of methoxy groups -OCH3 is 1. The van der Waals surface area contributed by atoms with E-state index in [0.717, 1.165) is 5.56 Å². The van der Waals surface area contributed by atoms with Crippen LogP contribution in [0.15, 0.2) is 42.5 Å². The molecule has 0 bridgehead atoms. The van der Waals surface area contributed by atoms with Gasteiger partial charge in [0.1, 0.15) is 6.61 Å². The van der Waals surface area contributed by atoms with Crippen molar-refractivity contribution in [2.24, 2.45) is 0 Å². The normalized spacial score (nSPS) is 10.0. The highest BCUT2D eigenvalue weighted by Crippen LogP contribution is 2.33. The summed E-state index contributed by atoms with van der Waals surface area (Å²) in [5.74, 6) is -0.560. The van der Waals surface area contributed by atoms with Crippen LogP contribution in [-0.4, -0.2) is 13.1 Å². The molecule has 0 atom stereocenters. The molecule has 0 aromatic heterocycles. The van der Waals surface area contributed by atoms with Crippen molar-refractivity contribution < 1.29 is 23.7 Å². The van der Waals surface area contributed by atoms with Crippen LogP contribution in [0.4, 0.5) is 10.2 Å². The molecule has 2 N–H and O–H groups in total. The van der Waals surface area contributed by atoms with Gasteiger partial charge in [-0.3, -0.25) is 0 Å². The van der Waals surface area contributed by atoms with Crippen LogP contribution in [0.5, 0.6) is 11.5 Å².